The molecule has 3 N–H and O–H groups in total. The third kappa shape index (κ3) is 4.65. The maximum Gasteiger partial charge on any atom is 0.322 e. The Labute approximate surface area is 182 Å². The number of nitrogens with one attached hydrogen (secondary N) is 3. The van der Waals surface area contributed by atoms with Crippen molar-refractivity contribution in [3.8, 4) is 0 Å². The van der Waals surface area contributed by atoms with E-state index in [1.165, 1.54) is 28.7 Å². The van der Waals surface area contributed by atoms with Crippen molar-refractivity contribution in [1.29, 1.82) is 0 Å². The van der Waals surface area contributed by atoms with E-state index in [0.29, 0.717) is 18.8 Å². The molecular weight excluding hydrogens is 412 g/mol. The van der Waals surface area contributed by atoms with Crippen molar-refractivity contribution in [1.82, 2.24) is 14.6 Å². The standard InChI is InChI=1S/C23H26N4O3S/c1-16(2)26-31(29,30)19-9-7-18(8-10-19)25-23(28)27-13-11-17(12-14-27)21-15-24-22-6-4-3-5-20(21)22/h3-11,15-16,24,26H,12-14H2,1-2H3,(H,25,28). The highest BCUT2D eigenvalue weighted by Crippen LogP contribution is 2.29. The van der Waals surface area contributed by atoms with E-state index in [4.69, 9.17) is 0 Å². The van der Waals surface area contributed by atoms with Crippen LogP contribution in [0.25, 0.3) is 16.5 Å². The fourth-order valence-corrected chi connectivity index (χ4v) is 4.98. The number of aromatic nitrogens is 1. The predicted octanol–water partition coefficient (Wildman–Crippen LogP) is 4.18. The van der Waals surface area contributed by atoms with E-state index >= 15 is 0 Å². The van der Waals surface area contributed by atoms with Gasteiger partial charge in [-0.2, -0.15) is 0 Å². The molecule has 1 aliphatic rings. The van der Waals surface area contributed by atoms with E-state index < -0.39 is 10.0 Å². The highest BCUT2D eigenvalue weighted by atomic mass is 32.2. The average molecular weight is 439 g/mol. The Bertz CT molecular complexity index is 1230. The fourth-order valence-electron chi connectivity index (χ4n) is 3.73. The summed E-state index contributed by atoms with van der Waals surface area (Å²) in [6.45, 7) is 4.67. The molecule has 162 valence electrons. The van der Waals surface area contributed by atoms with Gasteiger partial charge >= 0.3 is 6.03 Å². The lowest BCUT2D eigenvalue weighted by molar-refractivity contribution is 0.217. The summed E-state index contributed by atoms with van der Waals surface area (Å²) < 4.78 is 27.0. The van der Waals surface area contributed by atoms with E-state index in [-0.39, 0.29) is 17.0 Å². The number of carbonyl (C=O) groups excluding carboxylic acids is 1. The first-order chi connectivity index (χ1) is 14.8. The van der Waals surface area contributed by atoms with Gasteiger partial charge in [-0.15, -0.1) is 0 Å². The van der Waals surface area contributed by atoms with Crippen LogP contribution in [0.2, 0.25) is 0 Å². The number of rotatable bonds is 5. The highest BCUT2D eigenvalue weighted by molar-refractivity contribution is 7.89. The van der Waals surface area contributed by atoms with Crippen LogP contribution in [0.1, 0.15) is 25.8 Å². The third-order valence-electron chi connectivity index (χ3n) is 5.24. The molecule has 3 aromatic rings. The van der Waals surface area contributed by atoms with Gasteiger partial charge in [-0.25, -0.2) is 17.9 Å². The van der Waals surface area contributed by atoms with E-state index in [9.17, 15) is 13.2 Å². The highest BCUT2D eigenvalue weighted by Gasteiger charge is 2.20. The number of anilines is 1. The molecule has 2 heterocycles. The van der Waals surface area contributed by atoms with Crippen molar-refractivity contribution < 1.29 is 13.2 Å². The van der Waals surface area contributed by atoms with Gasteiger partial charge in [0.05, 0.1) is 4.90 Å². The van der Waals surface area contributed by atoms with Crippen molar-refractivity contribution in [2.45, 2.75) is 31.2 Å². The molecule has 0 radical (unpaired) electrons. The smallest absolute Gasteiger partial charge is 0.322 e. The first-order valence-corrected chi connectivity index (χ1v) is 11.8. The Morgan fingerprint density at radius 2 is 1.84 bits per heavy atom. The van der Waals surface area contributed by atoms with E-state index in [1.807, 2.05) is 18.3 Å². The molecule has 1 aromatic heterocycles. The molecule has 0 atom stereocenters. The van der Waals surface area contributed by atoms with Crippen LogP contribution in [0.4, 0.5) is 10.5 Å². The molecule has 31 heavy (non-hydrogen) atoms. The minimum Gasteiger partial charge on any atom is -0.361 e. The molecule has 0 aliphatic carbocycles. The lowest BCUT2D eigenvalue weighted by atomic mass is 9.99. The normalized spacial score (nSPS) is 14.7. The third-order valence-corrected chi connectivity index (χ3v) is 6.91. The largest absolute Gasteiger partial charge is 0.361 e. The van der Waals surface area contributed by atoms with Crippen molar-refractivity contribution in [3.05, 3.63) is 66.4 Å². The van der Waals surface area contributed by atoms with Gasteiger partial charge in [-0.05, 0) is 56.2 Å². The van der Waals surface area contributed by atoms with Gasteiger partial charge < -0.3 is 15.2 Å². The van der Waals surface area contributed by atoms with Crippen LogP contribution in [-0.2, 0) is 10.0 Å². The van der Waals surface area contributed by atoms with Crippen LogP contribution in [-0.4, -0.2) is 43.5 Å². The molecule has 0 unspecified atom stereocenters. The van der Waals surface area contributed by atoms with Gasteiger partial charge in [0.15, 0.2) is 0 Å². The minimum atomic E-state index is -3.55. The maximum atomic E-state index is 12.6. The first-order valence-electron chi connectivity index (χ1n) is 10.3. The number of hydrogen-bond acceptors (Lipinski definition) is 3. The Morgan fingerprint density at radius 3 is 2.52 bits per heavy atom. The van der Waals surface area contributed by atoms with Crippen LogP contribution in [0.15, 0.2) is 65.7 Å². The van der Waals surface area contributed by atoms with Crippen LogP contribution < -0.4 is 10.0 Å². The molecule has 4 rings (SSSR count). The van der Waals surface area contributed by atoms with Crippen molar-refractivity contribution in [2.24, 2.45) is 0 Å². The lowest BCUT2D eigenvalue weighted by Gasteiger charge is -2.26. The second kappa shape index (κ2) is 8.56. The molecule has 0 saturated heterocycles. The number of urea groups is 1. The summed E-state index contributed by atoms with van der Waals surface area (Å²) in [4.78, 5) is 17.9. The topological polar surface area (TPSA) is 94.3 Å². The van der Waals surface area contributed by atoms with E-state index in [0.717, 1.165) is 11.9 Å². The Morgan fingerprint density at radius 1 is 1.10 bits per heavy atom. The molecule has 8 heteroatoms. The molecule has 0 spiro atoms. The fraction of sp³-hybridized carbons (Fsp3) is 0.261. The SMILES string of the molecule is CC(C)NS(=O)(=O)c1ccc(NC(=O)N2CC=C(c3c[nH]c4ccccc34)CC2)cc1. The molecule has 2 amide bonds. The summed E-state index contributed by atoms with van der Waals surface area (Å²) in [5.74, 6) is 0. The van der Waals surface area contributed by atoms with Crippen LogP contribution in [0.5, 0.6) is 0 Å². The molecule has 1 aliphatic heterocycles. The van der Waals surface area contributed by atoms with Crippen molar-refractivity contribution >= 4 is 38.2 Å². The number of benzene rings is 2. The number of carbonyl (C=O) groups is 1. The Kier molecular flexibility index (Phi) is 5.84. The summed E-state index contributed by atoms with van der Waals surface area (Å²) in [6.07, 6.45) is 4.88. The van der Waals surface area contributed by atoms with Crippen molar-refractivity contribution in [2.75, 3.05) is 18.4 Å². The maximum absolute atomic E-state index is 12.6. The summed E-state index contributed by atoms with van der Waals surface area (Å²) in [5.41, 5.74) is 4.07. The molecule has 2 aromatic carbocycles. The van der Waals surface area contributed by atoms with Crippen LogP contribution in [0.3, 0.4) is 0 Å². The van der Waals surface area contributed by atoms with Crippen molar-refractivity contribution in [3.63, 3.8) is 0 Å². The zero-order chi connectivity index (χ0) is 22.0. The van der Waals surface area contributed by atoms with Gasteiger partial charge in [0.25, 0.3) is 0 Å². The molecular formula is C23H26N4O3S. The summed E-state index contributed by atoms with van der Waals surface area (Å²) >= 11 is 0. The first kappa shape index (κ1) is 21.1. The number of sulfonamides is 1. The minimum absolute atomic E-state index is 0.170. The lowest BCUT2D eigenvalue weighted by Crippen LogP contribution is -2.37. The number of amides is 2. The Balaban J connectivity index is 1.40. The van der Waals surface area contributed by atoms with Gasteiger partial charge in [-0.1, -0.05) is 24.3 Å². The number of nitrogens with zero attached hydrogens (tertiary/aromatic N) is 1. The Hall–Kier alpha value is -3.10. The zero-order valence-electron chi connectivity index (χ0n) is 17.6. The summed E-state index contributed by atoms with van der Waals surface area (Å²) in [6, 6.07) is 14.0. The van der Waals surface area contributed by atoms with Gasteiger partial charge in [0.1, 0.15) is 0 Å². The van der Waals surface area contributed by atoms with Crippen LogP contribution >= 0.6 is 0 Å². The number of H-pyrrole nitrogens is 1. The monoisotopic (exact) mass is 438 g/mol. The average Bonchev–Trinajstić information content (AvgIpc) is 3.17. The van der Waals surface area contributed by atoms with Crippen LogP contribution in [0, 0.1) is 0 Å². The molecule has 0 saturated carbocycles. The molecule has 7 nitrogen and oxygen atoms in total. The van der Waals surface area contributed by atoms with E-state index in [1.54, 1.807) is 30.9 Å². The summed E-state index contributed by atoms with van der Waals surface area (Å²) in [5, 5.41) is 4.04. The number of para-hydroxylation sites is 1. The number of fused-ring (bicyclic) bond motifs is 1. The quantitative estimate of drug-likeness (QED) is 0.558. The van der Waals surface area contributed by atoms with E-state index in [2.05, 4.69) is 33.2 Å². The van der Waals surface area contributed by atoms with Gasteiger partial charge in [-0.3, -0.25) is 0 Å². The van der Waals surface area contributed by atoms with Gasteiger partial charge in [0.2, 0.25) is 10.0 Å². The summed E-state index contributed by atoms with van der Waals surface area (Å²) in [7, 11) is -3.55. The number of hydrogen-bond donors (Lipinski definition) is 3. The number of aromatic amines is 1. The second-order valence-corrected chi connectivity index (χ2v) is 9.62. The molecule has 0 fully saturated rings. The predicted molar refractivity (Wildman–Crippen MR) is 123 cm³/mol. The zero-order valence-corrected chi connectivity index (χ0v) is 18.4. The van der Waals surface area contributed by atoms with Gasteiger partial charge in [0, 0.05) is 47.5 Å². The molecule has 0 bridgehead atoms. The second-order valence-electron chi connectivity index (χ2n) is 7.90.